The number of hydrogen-bond donors (Lipinski definition) is 1. The number of nitrogens with one attached hydrogen (secondary N) is 1. The summed E-state index contributed by atoms with van der Waals surface area (Å²) in [6, 6.07) is 13.6. The lowest BCUT2D eigenvalue weighted by Gasteiger charge is -2.07. The molecular formula is C23H15BrClN3O4. The molecule has 0 bridgehead atoms. The fourth-order valence-electron chi connectivity index (χ4n) is 3.05. The Morgan fingerprint density at radius 2 is 2.03 bits per heavy atom. The minimum atomic E-state index is -0.544. The predicted molar refractivity (Wildman–Crippen MR) is 127 cm³/mol. The van der Waals surface area contributed by atoms with Crippen molar-refractivity contribution in [2.24, 2.45) is 10.2 Å². The molecule has 0 spiro atoms. The first kappa shape index (κ1) is 21.7. The van der Waals surface area contributed by atoms with E-state index in [-0.39, 0.29) is 23.8 Å². The second kappa shape index (κ2) is 9.33. The maximum absolute atomic E-state index is 12.4. The van der Waals surface area contributed by atoms with Crippen LogP contribution < -0.4 is 5.32 Å². The number of furan rings is 1. The van der Waals surface area contributed by atoms with Crippen molar-refractivity contribution in [1.29, 1.82) is 0 Å². The lowest BCUT2D eigenvalue weighted by molar-refractivity contribution is -0.110. The Bertz CT molecular complexity index is 1300. The van der Waals surface area contributed by atoms with Crippen molar-refractivity contribution in [3.8, 4) is 11.3 Å². The molecule has 1 amide bonds. The molecule has 0 atom stereocenters. The average Bonchev–Trinajstić information content (AvgIpc) is 3.36. The van der Waals surface area contributed by atoms with Gasteiger partial charge in [-0.3, -0.25) is 4.79 Å². The van der Waals surface area contributed by atoms with Crippen LogP contribution in [0.25, 0.3) is 11.3 Å². The highest BCUT2D eigenvalue weighted by atomic mass is 79.9. The molecule has 1 N–H and O–H groups in total. The highest BCUT2D eigenvalue weighted by Crippen LogP contribution is 2.29. The van der Waals surface area contributed by atoms with Crippen molar-refractivity contribution >= 4 is 57.0 Å². The maximum Gasteiger partial charge on any atom is 0.339 e. The van der Waals surface area contributed by atoms with E-state index in [1.54, 1.807) is 36.4 Å². The van der Waals surface area contributed by atoms with Gasteiger partial charge in [0, 0.05) is 20.6 Å². The number of esters is 1. The fraction of sp³-hybridized carbons (Fsp3) is 0.0435. The van der Waals surface area contributed by atoms with E-state index in [0.717, 1.165) is 4.47 Å². The fourth-order valence-corrected chi connectivity index (χ4v) is 3.58. The summed E-state index contributed by atoms with van der Waals surface area (Å²) in [4.78, 5) is 24.5. The molecule has 0 saturated carbocycles. The van der Waals surface area contributed by atoms with Crippen molar-refractivity contribution in [3.63, 3.8) is 0 Å². The Morgan fingerprint density at radius 1 is 1.19 bits per heavy atom. The molecule has 1 aromatic heterocycles. The number of fused-ring (bicyclic) bond motifs is 1. The summed E-state index contributed by atoms with van der Waals surface area (Å²) < 4.78 is 11.7. The SMILES string of the molecule is C=CCOC(=O)c1cc(Cl)ccc1-c1ccc(/C=N/N=C2/C(=O)Nc3ccc(Br)cc32)o1. The van der Waals surface area contributed by atoms with Gasteiger partial charge in [-0.1, -0.05) is 40.2 Å². The molecule has 32 heavy (non-hydrogen) atoms. The van der Waals surface area contributed by atoms with Crippen LogP contribution in [0, 0.1) is 0 Å². The van der Waals surface area contributed by atoms with Crippen molar-refractivity contribution in [2.75, 3.05) is 11.9 Å². The van der Waals surface area contributed by atoms with Crippen LogP contribution in [0.15, 0.2) is 80.3 Å². The van der Waals surface area contributed by atoms with Crippen molar-refractivity contribution in [1.82, 2.24) is 0 Å². The zero-order valence-electron chi connectivity index (χ0n) is 16.5. The minimum Gasteiger partial charge on any atom is -0.458 e. The number of anilines is 1. The summed E-state index contributed by atoms with van der Waals surface area (Å²) in [6.07, 6.45) is 2.86. The van der Waals surface area contributed by atoms with E-state index in [9.17, 15) is 9.59 Å². The molecular weight excluding hydrogens is 498 g/mol. The summed E-state index contributed by atoms with van der Waals surface area (Å²) in [5.74, 6) is -0.0662. The molecule has 0 radical (unpaired) electrons. The van der Waals surface area contributed by atoms with Gasteiger partial charge in [-0.05, 0) is 48.5 Å². The molecule has 7 nitrogen and oxygen atoms in total. The Kier molecular flexibility index (Phi) is 6.34. The van der Waals surface area contributed by atoms with Gasteiger partial charge >= 0.3 is 5.97 Å². The van der Waals surface area contributed by atoms with Crippen LogP contribution in [0.1, 0.15) is 21.7 Å². The highest BCUT2D eigenvalue weighted by Gasteiger charge is 2.26. The summed E-state index contributed by atoms with van der Waals surface area (Å²) in [5, 5.41) is 11.2. The number of ether oxygens (including phenoxy) is 1. The minimum absolute atomic E-state index is 0.0778. The lowest BCUT2D eigenvalue weighted by Crippen LogP contribution is -2.13. The molecule has 160 valence electrons. The predicted octanol–water partition coefficient (Wildman–Crippen LogP) is 5.48. The Hall–Kier alpha value is -3.49. The molecule has 2 heterocycles. The molecule has 4 rings (SSSR count). The van der Waals surface area contributed by atoms with E-state index in [1.807, 2.05) is 6.07 Å². The molecule has 1 aliphatic heterocycles. The molecule has 0 unspecified atom stereocenters. The largest absolute Gasteiger partial charge is 0.458 e. The molecule has 9 heteroatoms. The summed E-state index contributed by atoms with van der Waals surface area (Å²) in [5.41, 5.74) is 2.32. The molecule has 2 aromatic carbocycles. The molecule has 0 saturated heterocycles. The smallest absolute Gasteiger partial charge is 0.339 e. The van der Waals surface area contributed by atoms with Crippen molar-refractivity contribution in [2.45, 2.75) is 0 Å². The molecule has 3 aromatic rings. The van der Waals surface area contributed by atoms with Gasteiger partial charge in [-0.15, -0.1) is 5.10 Å². The highest BCUT2D eigenvalue weighted by molar-refractivity contribution is 9.10. The van der Waals surface area contributed by atoms with Gasteiger partial charge in [0.1, 0.15) is 18.1 Å². The first-order chi connectivity index (χ1) is 15.5. The maximum atomic E-state index is 12.4. The van der Waals surface area contributed by atoms with Crippen LogP contribution in [0.3, 0.4) is 0 Å². The van der Waals surface area contributed by atoms with Crippen LogP contribution in [-0.2, 0) is 9.53 Å². The van der Waals surface area contributed by atoms with Gasteiger partial charge in [0.25, 0.3) is 5.91 Å². The summed E-state index contributed by atoms with van der Waals surface area (Å²) >= 11 is 9.43. The number of amides is 1. The van der Waals surface area contributed by atoms with Crippen LogP contribution >= 0.6 is 27.5 Å². The number of hydrogen-bond acceptors (Lipinski definition) is 6. The normalized spacial score (nSPS) is 13.9. The Balaban J connectivity index is 1.58. The van der Waals surface area contributed by atoms with Gasteiger partial charge < -0.3 is 14.5 Å². The van der Waals surface area contributed by atoms with E-state index >= 15 is 0 Å². The van der Waals surface area contributed by atoms with Gasteiger partial charge in [-0.2, -0.15) is 5.10 Å². The Morgan fingerprint density at radius 3 is 2.84 bits per heavy atom. The van der Waals surface area contributed by atoms with E-state index in [4.69, 9.17) is 20.8 Å². The van der Waals surface area contributed by atoms with Crippen molar-refractivity contribution < 1.29 is 18.7 Å². The first-order valence-electron chi connectivity index (χ1n) is 9.36. The third-order valence-electron chi connectivity index (χ3n) is 4.47. The molecule has 0 fully saturated rings. The average molecular weight is 513 g/mol. The third kappa shape index (κ3) is 4.56. The monoisotopic (exact) mass is 511 g/mol. The van der Waals surface area contributed by atoms with Gasteiger partial charge in [0.05, 0.1) is 17.5 Å². The number of nitrogens with zero attached hydrogens (tertiary/aromatic N) is 2. The van der Waals surface area contributed by atoms with E-state index < -0.39 is 5.97 Å². The number of carbonyl (C=O) groups is 2. The third-order valence-corrected chi connectivity index (χ3v) is 5.20. The Labute approximate surface area is 196 Å². The zero-order valence-corrected chi connectivity index (χ0v) is 18.8. The number of rotatable bonds is 6. The number of carbonyl (C=O) groups excluding carboxylic acids is 2. The van der Waals surface area contributed by atoms with Gasteiger partial charge in [-0.25, -0.2) is 4.79 Å². The quantitative estimate of drug-likeness (QED) is 0.205. The van der Waals surface area contributed by atoms with Crippen molar-refractivity contribution in [3.05, 3.63) is 87.6 Å². The molecule has 0 aliphatic carbocycles. The van der Waals surface area contributed by atoms with E-state index in [0.29, 0.717) is 33.4 Å². The van der Waals surface area contributed by atoms with Gasteiger partial charge in [0.15, 0.2) is 5.71 Å². The van der Waals surface area contributed by atoms with Crippen LogP contribution in [0.2, 0.25) is 5.02 Å². The number of halogens is 2. The number of benzene rings is 2. The first-order valence-corrected chi connectivity index (χ1v) is 10.5. The summed E-state index contributed by atoms with van der Waals surface area (Å²) in [7, 11) is 0. The van der Waals surface area contributed by atoms with Crippen LogP contribution in [0.4, 0.5) is 5.69 Å². The van der Waals surface area contributed by atoms with Gasteiger partial charge in [0.2, 0.25) is 0 Å². The topological polar surface area (TPSA) is 93.3 Å². The lowest BCUT2D eigenvalue weighted by atomic mass is 10.1. The standard InChI is InChI=1S/C23H15BrClN3O4/c1-2-9-31-23(30)17-11-14(25)4-6-16(17)20-8-5-15(32-20)12-26-28-21-18-10-13(24)3-7-19(18)27-22(21)29/h2-8,10-12H,1,9H2,(H,27,28,29)/b26-12+. The van der Waals surface area contributed by atoms with E-state index in [1.165, 1.54) is 18.4 Å². The molecule has 1 aliphatic rings. The second-order valence-corrected chi connectivity index (χ2v) is 7.97. The van der Waals surface area contributed by atoms with Crippen LogP contribution in [-0.4, -0.2) is 30.4 Å². The summed E-state index contributed by atoms with van der Waals surface area (Å²) in [6.45, 7) is 3.61. The zero-order chi connectivity index (χ0) is 22.7. The second-order valence-electron chi connectivity index (χ2n) is 6.62. The van der Waals surface area contributed by atoms with Crippen LogP contribution in [0.5, 0.6) is 0 Å². The van der Waals surface area contributed by atoms with E-state index in [2.05, 4.69) is 38.0 Å².